The minimum Gasteiger partial charge on any atom is -0.489 e. The molecule has 0 radical (unpaired) electrons. The molecule has 0 spiro atoms. The maximum Gasteiger partial charge on any atom is 0.120 e. The van der Waals surface area contributed by atoms with Crippen molar-refractivity contribution >= 4 is 0 Å². The molecular weight excluding hydrogens is 262 g/mol. The lowest BCUT2D eigenvalue weighted by molar-refractivity contribution is 0.184. The Morgan fingerprint density at radius 1 is 0.952 bits per heavy atom. The molecule has 0 aliphatic heterocycles. The zero-order valence-corrected chi connectivity index (χ0v) is 12.8. The summed E-state index contributed by atoms with van der Waals surface area (Å²) in [5, 5.41) is 3.36. The van der Waals surface area contributed by atoms with E-state index in [2.05, 4.69) is 36.5 Å². The molecule has 2 rings (SSSR count). The fraction of sp³-hybridized carbons (Fsp3) is 0.333. The van der Waals surface area contributed by atoms with E-state index in [9.17, 15) is 0 Å². The summed E-state index contributed by atoms with van der Waals surface area (Å²) in [6.07, 6.45) is 0. The van der Waals surface area contributed by atoms with Crippen molar-refractivity contribution in [2.75, 3.05) is 13.7 Å². The van der Waals surface area contributed by atoms with Gasteiger partial charge >= 0.3 is 0 Å². The Hall–Kier alpha value is -1.84. The number of benzene rings is 2. The maximum atomic E-state index is 5.92. The van der Waals surface area contributed by atoms with Crippen molar-refractivity contribution in [2.45, 2.75) is 26.7 Å². The molecular formula is C18H23NO2. The predicted octanol–water partition coefficient (Wildman–Crippen LogP) is 3.52. The second-order valence-corrected chi connectivity index (χ2v) is 4.92. The van der Waals surface area contributed by atoms with Crippen LogP contribution >= 0.6 is 0 Å². The predicted molar refractivity (Wildman–Crippen MR) is 85.3 cm³/mol. The molecule has 2 aromatic rings. The molecule has 0 atom stereocenters. The summed E-state index contributed by atoms with van der Waals surface area (Å²) in [7, 11) is 1.70. The van der Waals surface area contributed by atoms with Gasteiger partial charge in [-0.25, -0.2) is 0 Å². The van der Waals surface area contributed by atoms with Gasteiger partial charge in [0.05, 0.1) is 6.61 Å². The van der Waals surface area contributed by atoms with Gasteiger partial charge in [-0.1, -0.05) is 43.3 Å². The number of hydrogen-bond donors (Lipinski definition) is 1. The van der Waals surface area contributed by atoms with E-state index in [4.69, 9.17) is 9.47 Å². The third-order valence-corrected chi connectivity index (χ3v) is 3.29. The smallest absolute Gasteiger partial charge is 0.120 e. The molecule has 0 aromatic heterocycles. The molecule has 1 N–H and O–H groups in total. The van der Waals surface area contributed by atoms with Gasteiger partial charge in [0.15, 0.2) is 0 Å². The molecule has 3 nitrogen and oxygen atoms in total. The third-order valence-electron chi connectivity index (χ3n) is 3.29. The summed E-state index contributed by atoms with van der Waals surface area (Å²) in [5.41, 5.74) is 3.62. The van der Waals surface area contributed by atoms with Gasteiger partial charge in [-0.15, -0.1) is 0 Å². The molecule has 0 heterocycles. The molecule has 0 aliphatic rings. The van der Waals surface area contributed by atoms with E-state index in [0.29, 0.717) is 13.2 Å². The van der Waals surface area contributed by atoms with Gasteiger partial charge in [0.1, 0.15) is 12.4 Å². The van der Waals surface area contributed by atoms with Crippen LogP contribution in [0.25, 0.3) is 0 Å². The normalized spacial score (nSPS) is 10.6. The molecule has 0 aliphatic carbocycles. The van der Waals surface area contributed by atoms with Crippen LogP contribution in [0, 0.1) is 0 Å². The molecule has 0 amide bonds. The van der Waals surface area contributed by atoms with Crippen LogP contribution in [0.15, 0.2) is 48.5 Å². The van der Waals surface area contributed by atoms with Crippen molar-refractivity contribution in [1.29, 1.82) is 0 Å². The fourth-order valence-electron chi connectivity index (χ4n) is 2.18. The standard InChI is InChI=1S/C18H23NO2/c1-3-19-12-16-8-4-5-9-17(16)14-21-18-10-6-7-15(11-18)13-20-2/h4-11,19H,3,12-14H2,1-2H3. The number of nitrogens with one attached hydrogen (secondary N) is 1. The van der Waals surface area contributed by atoms with Crippen molar-refractivity contribution < 1.29 is 9.47 Å². The van der Waals surface area contributed by atoms with E-state index in [0.717, 1.165) is 24.4 Å². The third kappa shape index (κ3) is 4.88. The lowest BCUT2D eigenvalue weighted by Crippen LogP contribution is -2.13. The number of ether oxygens (including phenoxy) is 2. The van der Waals surface area contributed by atoms with Gasteiger partial charge in [0.2, 0.25) is 0 Å². The van der Waals surface area contributed by atoms with Crippen molar-refractivity contribution in [2.24, 2.45) is 0 Å². The van der Waals surface area contributed by atoms with E-state index >= 15 is 0 Å². The average molecular weight is 285 g/mol. The molecule has 2 aromatic carbocycles. The summed E-state index contributed by atoms with van der Waals surface area (Å²) in [6, 6.07) is 16.4. The van der Waals surface area contributed by atoms with Crippen LogP contribution in [0.2, 0.25) is 0 Å². The zero-order chi connectivity index (χ0) is 14.9. The van der Waals surface area contributed by atoms with Gasteiger partial charge in [-0.3, -0.25) is 0 Å². The first kappa shape index (κ1) is 15.5. The number of rotatable bonds is 8. The molecule has 0 fully saturated rings. The quantitative estimate of drug-likeness (QED) is 0.805. The van der Waals surface area contributed by atoms with Gasteiger partial charge in [0, 0.05) is 13.7 Å². The largest absolute Gasteiger partial charge is 0.489 e. The first-order valence-electron chi connectivity index (χ1n) is 7.31. The number of hydrogen-bond acceptors (Lipinski definition) is 3. The maximum absolute atomic E-state index is 5.92. The molecule has 112 valence electrons. The summed E-state index contributed by atoms with van der Waals surface area (Å²) < 4.78 is 11.1. The van der Waals surface area contributed by atoms with E-state index in [1.54, 1.807) is 7.11 Å². The monoisotopic (exact) mass is 285 g/mol. The van der Waals surface area contributed by atoms with Crippen LogP contribution < -0.4 is 10.1 Å². The highest BCUT2D eigenvalue weighted by molar-refractivity contribution is 5.30. The summed E-state index contributed by atoms with van der Waals surface area (Å²) >= 11 is 0. The topological polar surface area (TPSA) is 30.5 Å². The fourth-order valence-corrected chi connectivity index (χ4v) is 2.18. The Labute approximate surface area is 126 Å². The van der Waals surface area contributed by atoms with Crippen LogP contribution in [0.1, 0.15) is 23.6 Å². The van der Waals surface area contributed by atoms with Gasteiger partial charge in [-0.2, -0.15) is 0 Å². The average Bonchev–Trinajstić information content (AvgIpc) is 2.52. The lowest BCUT2D eigenvalue weighted by Gasteiger charge is -2.12. The molecule has 0 bridgehead atoms. The van der Waals surface area contributed by atoms with Gasteiger partial charge in [-0.05, 0) is 35.4 Å². The first-order chi connectivity index (χ1) is 10.3. The van der Waals surface area contributed by atoms with Crippen molar-refractivity contribution in [3.63, 3.8) is 0 Å². The summed E-state index contributed by atoms with van der Waals surface area (Å²) in [4.78, 5) is 0. The van der Waals surface area contributed by atoms with Crippen LogP contribution in [-0.2, 0) is 24.5 Å². The Balaban J connectivity index is 2.00. The Morgan fingerprint density at radius 2 is 1.76 bits per heavy atom. The van der Waals surface area contributed by atoms with Crippen LogP contribution in [0.3, 0.4) is 0 Å². The number of methoxy groups -OCH3 is 1. The minimum absolute atomic E-state index is 0.581. The molecule has 0 saturated carbocycles. The Bertz CT molecular complexity index is 554. The minimum atomic E-state index is 0.581. The van der Waals surface area contributed by atoms with Crippen LogP contribution in [0.4, 0.5) is 0 Å². The lowest BCUT2D eigenvalue weighted by atomic mass is 10.1. The van der Waals surface area contributed by atoms with E-state index in [-0.39, 0.29) is 0 Å². The highest BCUT2D eigenvalue weighted by Crippen LogP contribution is 2.17. The first-order valence-corrected chi connectivity index (χ1v) is 7.31. The van der Waals surface area contributed by atoms with Crippen LogP contribution in [-0.4, -0.2) is 13.7 Å². The second-order valence-electron chi connectivity index (χ2n) is 4.92. The van der Waals surface area contributed by atoms with E-state index < -0.39 is 0 Å². The SMILES string of the molecule is CCNCc1ccccc1COc1cccc(COC)c1. The van der Waals surface area contributed by atoms with Crippen LogP contribution in [0.5, 0.6) is 5.75 Å². The van der Waals surface area contributed by atoms with Crippen molar-refractivity contribution in [3.05, 3.63) is 65.2 Å². The molecule has 3 heteroatoms. The highest BCUT2D eigenvalue weighted by Gasteiger charge is 2.03. The molecule has 21 heavy (non-hydrogen) atoms. The molecule has 0 saturated heterocycles. The van der Waals surface area contributed by atoms with Crippen molar-refractivity contribution in [3.8, 4) is 5.75 Å². The second kappa shape index (κ2) is 8.45. The van der Waals surface area contributed by atoms with E-state index in [1.165, 1.54) is 11.1 Å². The summed E-state index contributed by atoms with van der Waals surface area (Å²) in [6.45, 7) is 5.14. The molecule has 0 unspecified atom stereocenters. The summed E-state index contributed by atoms with van der Waals surface area (Å²) in [5.74, 6) is 0.878. The highest BCUT2D eigenvalue weighted by atomic mass is 16.5. The zero-order valence-electron chi connectivity index (χ0n) is 12.8. The van der Waals surface area contributed by atoms with Gasteiger partial charge in [0.25, 0.3) is 0 Å². The Morgan fingerprint density at radius 3 is 2.52 bits per heavy atom. The van der Waals surface area contributed by atoms with Gasteiger partial charge < -0.3 is 14.8 Å². The van der Waals surface area contributed by atoms with E-state index in [1.807, 2.05) is 24.3 Å². The Kier molecular flexibility index (Phi) is 6.25. The van der Waals surface area contributed by atoms with Crippen molar-refractivity contribution in [1.82, 2.24) is 5.32 Å².